The van der Waals surface area contributed by atoms with E-state index in [9.17, 15) is 4.79 Å². The molecule has 0 radical (unpaired) electrons. The molecule has 1 aromatic carbocycles. The number of carbonyl (C=O) groups is 1. The molecule has 2 aromatic rings. The van der Waals surface area contributed by atoms with Crippen LogP contribution >= 0.6 is 11.6 Å². The Bertz CT molecular complexity index is 650. The second-order valence-corrected chi connectivity index (χ2v) is 5.70. The zero-order valence-corrected chi connectivity index (χ0v) is 12.2. The van der Waals surface area contributed by atoms with Gasteiger partial charge >= 0.3 is 6.03 Å². The number of amides is 2. The van der Waals surface area contributed by atoms with Crippen LogP contribution in [-0.2, 0) is 12.8 Å². The molecule has 0 saturated heterocycles. The van der Waals surface area contributed by atoms with Gasteiger partial charge in [-0.05, 0) is 31.0 Å². The molecule has 1 aliphatic rings. The first-order chi connectivity index (χ1) is 9.67. The van der Waals surface area contributed by atoms with E-state index in [2.05, 4.69) is 40.7 Å². The van der Waals surface area contributed by atoms with Crippen LogP contribution in [0.25, 0.3) is 10.9 Å². The van der Waals surface area contributed by atoms with Gasteiger partial charge in [-0.2, -0.15) is 0 Å². The highest BCUT2D eigenvalue weighted by Crippen LogP contribution is 2.30. The molecule has 5 heteroatoms. The summed E-state index contributed by atoms with van der Waals surface area (Å²) >= 11 is 5.55. The summed E-state index contributed by atoms with van der Waals surface area (Å²) in [6.07, 6.45) is 1.74. The van der Waals surface area contributed by atoms with E-state index in [0.717, 1.165) is 12.8 Å². The molecule has 1 unspecified atom stereocenters. The summed E-state index contributed by atoms with van der Waals surface area (Å²) in [6, 6.07) is 6.47. The molecular formula is C15H18ClN3O. The third kappa shape index (κ3) is 2.48. The minimum absolute atomic E-state index is 0.138. The first-order valence-electron chi connectivity index (χ1n) is 6.88. The van der Waals surface area contributed by atoms with Gasteiger partial charge in [0.1, 0.15) is 0 Å². The van der Waals surface area contributed by atoms with Crippen LogP contribution in [0.1, 0.15) is 16.8 Å². The number of benzene rings is 1. The number of H-pyrrole nitrogens is 1. The summed E-state index contributed by atoms with van der Waals surface area (Å²) in [5.74, 6) is 0.432. The lowest BCUT2D eigenvalue weighted by Gasteiger charge is -2.13. The van der Waals surface area contributed by atoms with Crippen molar-refractivity contribution in [1.29, 1.82) is 0 Å². The van der Waals surface area contributed by atoms with Crippen molar-refractivity contribution in [2.45, 2.75) is 25.8 Å². The lowest BCUT2D eigenvalue weighted by atomic mass is 10.1. The molecule has 106 valence electrons. The Balaban J connectivity index is 1.73. The summed E-state index contributed by atoms with van der Waals surface area (Å²) < 4.78 is 0. The second-order valence-electron chi connectivity index (χ2n) is 5.33. The standard InChI is InChI=1S/C15H18ClN3O/c1-9-2-3-13-11(6-9)12-7-10(8-14(12)19-13)18-15(20)17-5-4-16/h2-3,6,10,19H,4-5,7-8H2,1H3,(H2,17,18,20). The van der Waals surface area contributed by atoms with Gasteiger partial charge in [0, 0.05) is 41.5 Å². The van der Waals surface area contributed by atoms with Crippen molar-refractivity contribution >= 4 is 28.5 Å². The van der Waals surface area contributed by atoms with Crippen molar-refractivity contribution in [3.05, 3.63) is 35.0 Å². The second kappa shape index (κ2) is 5.37. The van der Waals surface area contributed by atoms with Gasteiger partial charge in [0.05, 0.1) is 0 Å². The molecule has 1 aromatic heterocycles. The number of rotatable bonds is 3. The van der Waals surface area contributed by atoms with Gasteiger partial charge in [-0.3, -0.25) is 0 Å². The lowest BCUT2D eigenvalue weighted by molar-refractivity contribution is 0.238. The fraction of sp³-hybridized carbons (Fsp3) is 0.400. The lowest BCUT2D eigenvalue weighted by Crippen LogP contribution is -2.43. The van der Waals surface area contributed by atoms with Crippen molar-refractivity contribution in [3.63, 3.8) is 0 Å². The van der Waals surface area contributed by atoms with Crippen LogP contribution in [0.3, 0.4) is 0 Å². The molecule has 1 atom stereocenters. The summed E-state index contributed by atoms with van der Waals surface area (Å²) in [5.41, 5.74) is 5.03. The van der Waals surface area contributed by atoms with E-state index in [1.165, 1.54) is 27.7 Å². The van der Waals surface area contributed by atoms with Crippen molar-refractivity contribution in [2.75, 3.05) is 12.4 Å². The Kier molecular flexibility index (Phi) is 3.57. The number of fused-ring (bicyclic) bond motifs is 3. The van der Waals surface area contributed by atoms with Crippen LogP contribution in [0.4, 0.5) is 4.79 Å². The van der Waals surface area contributed by atoms with Gasteiger partial charge < -0.3 is 15.6 Å². The smallest absolute Gasteiger partial charge is 0.315 e. The number of aromatic amines is 1. The minimum atomic E-state index is -0.138. The highest BCUT2D eigenvalue weighted by atomic mass is 35.5. The molecule has 0 bridgehead atoms. The van der Waals surface area contributed by atoms with E-state index in [-0.39, 0.29) is 12.1 Å². The first kappa shape index (κ1) is 13.3. The van der Waals surface area contributed by atoms with Gasteiger partial charge in [-0.15, -0.1) is 11.6 Å². The highest BCUT2D eigenvalue weighted by molar-refractivity contribution is 6.18. The molecule has 0 spiro atoms. The Morgan fingerprint density at radius 1 is 1.45 bits per heavy atom. The van der Waals surface area contributed by atoms with E-state index in [1.54, 1.807) is 0 Å². The van der Waals surface area contributed by atoms with Gasteiger partial charge in [0.25, 0.3) is 0 Å². The molecule has 1 heterocycles. The fourth-order valence-corrected chi connectivity index (χ4v) is 2.98. The van der Waals surface area contributed by atoms with E-state index in [0.29, 0.717) is 12.4 Å². The van der Waals surface area contributed by atoms with E-state index in [1.807, 2.05) is 0 Å². The Hall–Kier alpha value is -1.68. The normalized spacial score (nSPS) is 17.2. The number of alkyl halides is 1. The Morgan fingerprint density at radius 2 is 2.30 bits per heavy atom. The van der Waals surface area contributed by atoms with Gasteiger partial charge in [-0.1, -0.05) is 11.6 Å². The van der Waals surface area contributed by atoms with E-state index in [4.69, 9.17) is 11.6 Å². The average molecular weight is 292 g/mol. The predicted octanol–water partition coefficient (Wildman–Crippen LogP) is 2.48. The number of nitrogens with one attached hydrogen (secondary N) is 3. The van der Waals surface area contributed by atoms with Crippen LogP contribution in [-0.4, -0.2) is 29.5 Å². The molecular weight excluding hydrogens is 274 g/mol. The monoisotopic (exact) mass is 291 g/mol. The number of aromatic nitrogens is 1. The maximum atomic E-state index is 11.7. The Morgan fingerprint density at radius 3 is 3.10 bits per heavy atom. The number of hydrogen-bond acceptors (Lipinski definition) is 1. The summed E-state index contributed by atoms with van der Waals surface area (Å²) in [7, 11) is 0. The minimum Gasteiger partial charge on any atom is -0.358 e. The first-order valence-corrected chi connectivity index (χ1v) is 7.41. The fourth-order valence-electron chi connectivity index (χ4n) is 2.89. The maximum absolute atomic E-state index is 11.7. The Labute approximate surface area is 122 Å². The topological polar surface area (TPSA) is 56.9 Å². The number of urea groups is 1. The number of carbonyl (C=O) groups excluding carboxylic acids is 1. The van der Waals surface area contributed by atoms with E-state index >= 15 is 0 Å². The quantitative estimate of drug-likeness (QED) is 0.748. The molecule has 0 aliphatic heterocycles. The van der Waals surface area contributed by atoms with Gasteiger partial charge in [0.2, 0.25) is 0 Å². The van der Waals surface area contributed by atoms with Crippen LogP contribution in [0.15, 0.2) is 18.2 Å². The number of hydrogen-bond donors (Lipinski definition) is 3. The van der Waals surface area contributed by atoms with Crippen LogP contribution in [0.2, 0.25) is 0 Å². The van der Waals surface area contributed by atoms with Crippen molar-refractivity contribution < 1.29 is 4.79 Å². The highest BCUT2D eigenvalue weighted by Gasteiger charge is 2.26. The third-order valence-electron chi connectivity index (χ3n) is 3.77. The molecule has 4 nitrogen and oxygen atoms in total. The maximum Gasteiger partial charge on any atom is 0.315 e. The molecule has 3 N–H and O–H groups in total. The third-order valence-corrected chi connectivity index (χ3v) is 3.96. The van der Waals surface area contributed by atoms with Crippen molar-refractivity contribution in [2.24, 2.45) is 0 Å². The largest absolute Gasteiger partial charge is 0.358 e. The summed E-state index contributed by atoms with van der Waals surface area (Å²) in [4.78, 5) is 15.1. The van der Waals surface area contributed by atoms with Crippen molar-refractivity contribution in [3.8, 4) is 0 Å². The number of aryl methyl sites for hydroxylation is 1. The van der Waals surface area contributed by atoms with Crippen molar-refractivity contribution in [1.82, 2.24) is 15.6 Å². The zero-order chi connectivity index (χ0) is 14.1. The molecule has 0 saturated carbocycles. The predicted molar refractivity (Wildman–Crippen MR) is 81.5 cm³/mol. The van der Waals surface area contributed by atoms with Gasteiger partial charge in [0.15, 0.2) is 0 Å². The van der Waals surface area contributed by atoms with Gasteiger partial charge in [-0.25, -0.2) is 4.79 Å². The SMILES string of the molecule is Cc1ccc2[nH]c3c(c2c1)CC(NC(=O)NCCCl)C3. The summed E-state index contributed by atoms with van der Waals surface area (Å²) in [6.45, 7) is 2.59. The summed E-state index contributed by atoms with van der Waals surface area (Å²) in [5, 5.41) is 7.01. The zero-order valence-electron chi connectivity index (χ0n) is 11.4. The average Bonchev–Trinajstić information content (AvgIpc) is 2.94. The van der Waals surface area contributed by atoms with Crippen LogP contribution in [0, 0.1) is 6.92 Å². The van der Waals surface area contributed by atoms with E-state index < -0.39 is 0 Å². The number of halogens is 1. The molecule has 1 aliphatic carbocycles. The van der Waals surface area contributed by atoms with Crippen LogP contribution in [0.5, 0.6) is 0 Å². The molecule has 2 amide bonds. The van der Waals surface area contributed by atoms with Crippen LogP contribution < -0.4 is 10.6 Å². The molecule has 20 heavy (non-hydrogen) atoms. The molecule has 3 rings (SSSR count). The molecule has 0 fully saturated rings.